The van der Waals surface area contributed by atoms with Crippen molar-refractivity contribution in [3.63, 3.8) is 0 Å². The summed E-state index contributed by atoms with van der Waals surface area (Å²) in [6.45, 7) is 3.54. The van der Waals surface area contributed by atoms with Crippen molar-refractivity contribution in [1.29, 1.82) is 5.26 Å². The zero-order chi connectivity index (χ0) is 15.9. The zero-order valence-electron chi connectivity index (χ0n) is 12.4. The molecular formula is C16H13N3O3. The van der Waals surface area contributed by atoms with Crippen LogP contribution in [0.5, 0.6) is 0 Å². The Bertz CT molecular complexity index is 914. The van der Waals surface area contributed by atoms with Gasteiger partial charge in [-0.25, -0.2) is 4.98 Å². The average Bonchev–Trinajstić information content (AvgIpc) is 3.10. The highest BCUT2D eigenvalue weighted by Gasteiger charge is 2.24. The van der Waals surface area contributed by atoms with Crippen LogP contribution >= 0.6 is 0 Å². The van der Waals surface area contributed by atoms with Gasteiger partial charge >= 0.3 is 0 Å². The Balaban J connectivity index is 2.06. The minimum Gasteiger partial charge on any atom is -0.463 e. The van der Waals surface area contributed by atoms with E-state index in [4.69, 9.17) is 14.1 Å². The summed E-state index contributed by atoms with van der Waals surface area (Å²) in [5.74, 6) is 0.142. The van der Waals surface area contributed by atoms with E-state index in [1.54, 1.807) is 6.92 Å². The molecule has 2 heterocycles. The Hall–Kier alpha value is -3.07. The molecule has 0 fully saturated rings. The van der Waals surface area contributed by atoms with Crippen LogP contribution in [-0.2, 0) is 0 Å². The van der Waals surface area contributed by atoms with Gasteiger partial charge in [-0.1, -0.05) is 18.2 Å². The molecule has 0 unspecified atom stereocenters. The van der Waals surface area contributed by atoms with Crippen LogP contribution in [-0.4, -0.2) is 17.9 Å². The SMILES string of the molecule is Cc1nc(C#N)c(N(C)C(=O)c2coc3c(C)cccc23)o1. The molecule has 3 rings (SSSR count). The van der Waals surface area contributed by atoms with Crippen molar-refractivity contribution in [2.45, 2.75) is 13.8 Å². The topological polar surface area (TPSA) is 83.3 Å². The molecule has 22 heavy (non-hydrogen) atoms. The lowest BCUT2D eigenvalue weighted by Gasteiger charge is -2.12. The molecule has 2 aromatic heterocycles. The molecule has 0 aliphatic heterocycles. The van der Waals surface area contributed by atoms with Crippen LogP contribution in [0.2, 0.25) is 0 Å². The summed E-state index contributed by atoms with van der Waals surface area (Å²) in [5.41, 5.74) is 2.12. The maximum Gasteiger partial charge on any atom is 0.264 e. The third-order valence-corrected chi connectivity index (χ3v) is 3.46. The highest BCUT2D eigenvalue weighted by Crippen LogP contribution is 2.27. The second kappa shape index (κ2) is 5.04. The third kappa shape index (κ3) is 2.04. The number of aromatic nitrogens is 1. The molecular weight excluding hydrogens is 282 g/mol. The molecule has 3 aromatic rings. The fourth-order valence-corrected chi connectivity index (χ4v) is 2.36. The number of benzene rings is 1. The summed E-state index contributed by atoms with van der Waals surface area (Å²) in [4.78, 5) is 17.9. The van der Waals surface area contributed by atoms with Gasteiger partial charge in [0.05, 0.1) is 5.56 Å². The molecule has 0 radical (unpaired) electrons. The number of carbonyl (C=O) groups excluding carboxylic acids is 1. The quantitative estimate of drug-likeness (QED) is 0.725. The molecule has 0 atom stereocenters. The molecule has 1 aromatic carbocycles. The van der Waals surface area contributed by atoms with Crippen molar-refractivity contribution in [3.8, 4) is 6.07 Å². The van der Waals surface area contributed by atoms with Gasteiger partial charge in [0.15, 0.2) is 5.89 Å². The van der Waals surface area contributed by atoms with Crippen molar-refractivity contribution in [1.82, 2.24) is 4.98 Å². The number of hydrogen-bond acceptors (Lipinski definition) is 5. The number of amides is 1. The van der Waals surface area contributed by atoms with Crippen LogP contribution in [0, 0.1) is 25.2 Å². The van der Waals surface area contributed by atoms with Gasteiger partial charge in [-0.2, -0.15) is 5.26 Å². The van der Waals surface area contributed by atoms with Crippen molar-refractivity contribution in [2.75, 3.05) is 11.9 Å². The Labute approximate surface area is 126 Å². The van der Waals surface area contributed by atoms with E-state index in [-0.39, 0.29) is 17.5 Å². The lowest BCUT2D eigenvalue weighted by atomic mass is 10.1. The summed E-state index contributed by atoms with van der Waals surface area (Å²) in [7, 11) is 1.54. The van der Waals surface area contributed by atoms with Gasteiger partial charge in [-0.05, 0) is 12.5 Å². The first kappa shape index (κ1) is 13.9. The van der Waals surface area contributed by atoms with E-state index in [1.165, 1.54) is 18.2 Å². The average molecular weight is 295 g/mol. The van der Waals surface area contributed by atoms with Crippen molar-refractivity contribution in [3.05, 3.63) is 47.2 Å². The first-order valence-corrected chi connectivity index (χ1v) is 6.65. The minimum absolute atomic E-state index is 0.0809. The monoisotopic (exact) mass is 295 g/mol. The Morgan fingerprint density at radius 3 is 2.86 bits per heavy atom. The number of fused-ring (bicyclic) bond motifs is 1. The Kier molecular flexibility index (Phi) is 3.18. The lowest BCUT2D eigenvalue weighted by Crippen LogP contribution is -2.26. The molecule has 0 aliphatic carbocycles. The number of nitriles is 1. The summed E-state index contributed by atoms with van der Waals surface area (Å²) in [6.07, 6.45) is 1.42. The van der Waals surface area contributed by atoms with Gasteiger partial charge < -0.3 is 8.83 Å². The van der Waals surface area contributed by atoms with E-state index < -0.39 is 0 Å². The highest BCUT2D eigenvalue weighted by atomic mass is 16.4. The molecule has 1 amide bonds. The van der Waals surface area contributed by atoms with Gasteiger partial charge in [0.25, 0.3) is 5.91 Å². The standard InChI is InChI=1S/C16H13N3O3/c1-9-5-4-6-11-12(8-21-14(9)11)15(20)19(3)16-13(7-17)18-10(2)22-16/h4-6,8H,1-3H3. The van der Waals surface area contributed by atoms with Gasteiger partial charge in [0.2, 0.25) is 11.6 Å². The van der Waals surface area contributed by atoms with Gasteiger partial charge in [0.1, 0.15) is 17.9 Å². The normalized spacial score (nSPS) is 10.6. The largest absolute Gasteiger partial charge is 0.463 e. The number of rotatable bonds is 2. The predicted molar refractivity (Wildman–Crippen MR) is 79.6 cm³/mol. The van der Waals surface area contributed by atoms with Crippen LogP contribution in [0.25, 0.3) is 11.0 Å². The molecule has 6 nitrogen and oxygen atoms in total. The van der Waals surface area contributed by atoms with Gasteiger partial charge in [-0.3, -0.25) is 9.69 Å². The van der Waals surface area contributed by atoms with Crippen molar-refractivity contribution in [2.24, 2.45) is 0 Å². The number of nitrogens with zero attached hydrogens (tertiary/aromatic N) is 3. The lowest BCUT2D eigenvalue weighted by molar-refractivity contribution is 0.0989. The fourth-order valence-electron chi connectivity index (χ4n) is 2.36. The first-order chi connectivity index (χ1) is 10.5. The third-order valence-electron chi connectivity index (χ3n) is 3.46. The molecule has 0 bridgehead atoms. The number of aryl methyl sites for hydroxylation is 2. The number of hydrogen-bond donors (Lipinski definition) is 0. The maximum absolute atomic E-state index is 12.7. The van der Waals surface area contributed by atoms with E-state index in [1.807, 2.05) is 31.2 Å². The van der Waals surface area contributed by atoms with Gasteiger partial charge in [0, 0.05) is 19.4 Å². The number of carbonyl (C=O) groups is 1. The number of furan rings is 1. The smallest absolute Gasteiger partial charge is 0.264 e. The minimum atomic E-state index is -0.322. The molecule has 0 spiro atoms. The van der Waals surface area contributed by atoms with Crippen molar-refractivity contribution < 1.29 is 13.6 Å². The van der Waals surface area contributed by atoms with Gasteiger partial charge in [-0.15, -0.1) is 0 Å². The molecule has 110 valence electrons. The summed E-state index contributed by atoms with van der Waals surface area (Å²) >= 11 is 0. The Morgan fingerprint density at radius 1 is 1.36 bits per heavy atom. The molecule has 0 saturated heterocycles. The molecule has 0 N–H and O–H groups in total. The van der Waals surface area contributed by atoms with Crippen LogP contribution < -0.4 is 4.90 Å². The van der Waals surface area contributed by atoms with Crippen LogP contribution in [0.15, 0.2) is 33.3 Å². The first-order valence-electron chi connectivity index (χ1n) is 6.65. The zero-order valence-corrected chi connectivity index (χ0v) is 12.4. The molecule has 0 aliphatic rings. The van der Waals surface area contributed by atoms with E-state index in [0.717, 1.165) is 10.9 Å². The summed E-state index contributed by atoms with van der Waals surface area (Å²) < 4.78 is 10.9. The highest BCUT2D eigenvalue weighted by molar-refractivity contribution is 6.13. The van der Waals surface area contributed by atoms with Crippen molar-refractivity contribution >= 4 is 22.8 Å². The summed E-state index contributed by atoms with van der Waals surface area (Å²) in [6, 6.07) is 7.52. The second-order valence-corrected chi connectivity index (χ2v) is 4.96. The van der Waals surface area contributed by atoms with Crippen LogP contribution in [0.3, 0.4) is 0 Å². The number of para-hydroxylation sites is 1. The van der Waals surface area contributed by atoms with E-state index in [2.05, 4.69) is 4.98 Å². The number of anilines is 1. The predicted octanol–water partition coefficient (Wildman–Crippen LogP) is 3.19. The van der Waals surface area contributed by atoms with E-state index >= 15 is 0 Å². The fraction of sp³-hybridized carbons (Fsp3) is 0.188. The van der Waals surface area contributed by atoms with Crippen LogP contribution in [0.4, 0.5) is 5.88 Å². The number of oxazole rings is 1. The van der Waals surface area contributed by atoms with Crippen LogP contribution in [0.1, 0.15) is 27.5 Å². The second-order valence-electron chi connectivity index (χ2n) is 4.96. The molecule has 0 saturated carbocycles. The maximum atomic E-state index is 12.7. The Morgan fingerprint density at radius 2 is 2.14 bits per heavy atom. The molecule has 6 heteroatoms. The summed E-state index contributed by atoms with van der Waals surface area (Å²) in [5, 5.41) is 9.80. The van der Waals surface area contributed by atoms with E-state index in [9.17, 15) is 4.79 Å². The van der Waals surface area contributed by atoms with E-state index in [0.29, 0.717) is 17.0 Å².